The van der Waals surface area contributed by atoms with Gasteiger partial charge in [-0.05, 0) is 5.56 Å². The highest BCUT2D eigenvalue weighted by molar-refractivity contribution is 6.14. The van der Waals surface area contributed by atoms with Crippen molar-refractivity contribution in [1.82, 2.24) is 4.90 Å². The lowest BCUT2D eigenvalue weighted by atomic mass is 9.96. The Balaban J connectivity index is 2.23. The van der Waals surface area contributed by atoms with Gasteiger partial charge >= 0.3 is 5.97 Å². The Kier molecular flexibility index (Phi) is 2.91. The minimum Gasteiger partial charge on any atom is -0.480 e. The van der Waals surface area contributed by atoms with E-state index in [1.165, 1.54) is 4.90 Å². The van der Waals surface area contributed by atoms with Crippen molar-refractivity contribution in [1.29, 1.82) is 5.41 Å². The van der Waals surface area contributed by atoms with Crippen molar-refractivity contribution in [3.05, 3.63) is 35.9 Å². The number of benzene rings is 1. The van der Waals surface area contributed by atoms with Gasteiger partial charge in [-0.3, -0.25) is 9.59 Å². The first-order valence-electron chi connectivity index (χ1n) is 5.22. The van der Waals surface area contributed by atoms with Crippen LogP contribution in [0.15, 0.2) is 30.3 Å². The topological polar surface area (TPSA) is 81.5 Å². The minimum atomic E-state index is -1.06. The molecular formula is C12H12N2O3. The molecule has 1 aliphatic rings. The van der Waals surface area contributed by atoms with Crippen molar-refractivity contribution in [2.45, 2.75) is 5.92 Å². The van der Waals surface area contributed by atoms with Crippen molar-refractivity contribution in [3.8, 4) is 0 Å². The van der Waals surface area contributed by atoms with Gasteiger partial charge in [-0.15, -0.1) is 0 Å². The number of amides is 1. The smallest absolute Gasteiger partial charge is 0.323 e. The standard InChI is InChI=1S/C12H12N2O3/c13-9-6-14(7-10(15)16)12(17)11(9)8-4-2-1-3-5-8/h1-5,11,13H,6-7H2,(H,15,16). The maximum absolute atomic E-state index is 12.0. The molecule has 1 amide bonds. The minimum absolute atomic E-state index is 0.102. The van der Waals surface area contributed by atoms with E-state index < -0.39 is 11.9 Å². The van der Waals surface area contributed by atoms with Crippen molar-refractivity contribution >= 4 is 17.6 Å². The van der Waals surface area contributed by atoms with Gasteiger partial charge in [0.25, 0.3) is 0 Å². The zero-order valence-corrected chi connectivity index (χ0v) is 9.09. The lowest BCUT2D eigenvalue weighted by Gasteiger charge is -2.12. The van der Waals surface area contributed by atoms with E-state index in [0.717, 1.165) is 5.56 Å². The zero-order valence-electron chi connectivity index (χ0n) is 9.09. The third kappa shape index (κ3) is 2.18. The summed E-state index contributed by atoms with van der Waals surface area (Å²) < 4.78 is 0. The van der Waals surface area contributed by atoms with Gasteiger partial charge in [-0.2, -0.15) is 0 Å². The molecule has 1 atom stereocenters. The average molecular weight is 232 g/mol. The predicted octanol–water partition coefficient (Wildman–Crippen LogP) is 0.717. The second kappa shape index (κ2) is 4.37. The summed E-state index contributed by atoms with van der Waals surface area (Å²) in [5, 5.41) is 16.5. The third-order valence-electron chi connectivity index (χ3n) is 2.73. The molecule has 2 N–H and O–H groups in total. The largest absolute Gasteiger partial charge is 0.480 e. The van der Waals surface area contributed by atoms with Gasteiger partial charge in [-0.1, -0.05) is 30.3 Å². The van der Waals surface area contributed by atoms with Crippen LogP contribution in [0.2, 0.25) is 0 Å². The molecule has 1 aliphatic heterocycles. The van der Waals surface area contributed by atoms with Crippen LogP contribution >= 0.6 is 0 Å². The Morgan fingerprint density at radius 2 is 2.06 bits per heavy atom. The molecule has 5 nitrogen and oxygen atoms in total. The molecular weight excluding hydrogens is 220 g/mol. The molecule has 1 heterocycles. The van der Waals surface area contributed by atoms with Crippen LogP contribution in [-0.2, 0) is 9.59 Å². The summed E-state index contributed by atoms with van der Waals surface area (Å²) in [6, 6.07) is 9.00. The number of hydrogen-bond donors (Lipinski definition) is 2. The van der Waals surface area contributed by atoms with E-state index in [1.54, 1.807) is 24.3 Å². The van der Waals surface area contributed by atoms with Gasteiger partial charge in [0.15, 0.2) is 0 Å². The van der Waals surface area contributed by atoms with Gasteiger partial charge in [0, 0.05) is 5.71 Å². The van der Waals surface area contributed by atoms with E-state index in [9.17, 15) is 9.59 Å². The fraction of sp³-hybridized carbons (Fsp3) is 0.250. The van der Waals surface area contributed by atoms with Gasteiger partial charge in [0.05, 0.1) is 6.54 Å². The van der Waals surface area contributed by atoms with E-state index >= 15 is 0 Å². The van der Waals surface area contributed by atoms with Crippen molar-refractivity contribution in [2.75, 3.05) is 13.1 Å². The van der Waals surface area contributed by atoms with E-state index in [-0.39, 0.29) is 24.7 Å². The Morgan fingerprint density at radius 1 is 1.41 bits per heavy atom. The number of carboxylic acid groups (broad SMARTS) is 1. The highest BCUT2D eigenvalue weighted by Gasteiger charge is 2.37. The van der Waals surface area contributed by atoms with Crippen LogP contribution < -0.4 is 0 Å². The Hall–Kier alpha value is -2.17. The molecule has 0 aliphatic carbocycles. The van der Waals surface area contributed by atoms with Crippen LogP contribution in [0.1, 0.15) is 11.5 Å². The van der Waals surface area contributed by atoms with Crippen LogP contribution in [0.5, 0.6) is 0 Å². The maximum Gasteiger partial charge on any atom is 0.323 e. The first-order valence-corrected chi connectivity index (χ1v) is 5.22. The molecule has 1 aromatic carbocycles. The summed E-state index contributed by atoms with van der Waals surface area (Å²) in [4.78, 5) is 23.8. The van der Waals surface area contributed by atoms with Crippen molar-refractivity contribution in [3.63, 3.8) is 0 Å². The lowest BCUT2D eigenvalue weighted by Crippen LogP contribution is -2.32. The third-order valence-corrected chi connectivity index (χ3v) is 2.73. The molecule has 1 aromatic rings. The summed E-state index contributed by atoms with van der Waals surface area (Å²) in [5.41, 5.74) is 0.998. The number of nitrogens with zero attached hydrogens (tertiary/aromatic N) is 1. The molecule has 0 saturated carbocycles. The highest BCUT2D eigenvalue weighted by Crippen LogP contribution is 2.25. The second-order valence-corrected chi connectivity index (χ2v) is 3.96. The molecule has 1 fully saturated rings. The number of likely N-dealkylation sites (tertiary alicyclic amines) is 1. The molecule has 0 bridgehead atoms. The summed E-state index contributed by atoms with van der Waals surface area (Å²) in [5.74, 6) is -1.97. The molecule has 1 saturated heterocycles. The SMILES string of the molecule is N=C1CN(CC(=O)O)C(=O)C1c1ccccc1. The van der Waals surface area contributed by atoms with Gasteiger partial charge in [-0.25, -0.2) is 0 Å². The van der Waals surface area contributed by atoms with E-state index in [4.69, 9.17) is 10.5 Å². The number of aliphatic carboxylic acids is 1. The highest BCUT2D eigenvalue weighted by atomic mass is 16.4. The summed E-state index contributed by atoms with van der Waals surface area (Å²) in [7, 11) is 0. The number of hydrogen-bond acceptors (Lipinski definition) is 3. The van der Waals surface area contributed by atoms with E-state index in [1.807, 2.05) is 6.07 Å². The second-order valence-electron chi connectivity index (χ2n) is 3.96. The van der Waals surface area contributed by atoms with Crippen LogP contribution in [-0.4, -0.2) is 40.7 Å². The Labute approximate surface area is 98.2 Å². The van der Waals surface area contributed by atoms with Crippen LogP contribution in [0, 0.1) is 5.41 Å². The number of carboxylic acids is 1. The number of carbonyl (C=O) groups excluding carboxylic acids is 1. The zero-order chi connectivity index (χ0) is 12.4. The van der Waals surface area contributed by atoms with Crippen molar-refractivity contribution in [2.24, 2.45) is 0 Å². The predicted molar refractivity (Wildman–Crippen MR) is 61.1 cm³/mol. The Bertz CT molecular complexity index is 470. The normalized spacial score (nSPS) is 19.8. The summed E-state index contributed by atoms with van der Waals surface area (Å²) in [6.45, 7) is -0.241. The van der Waals surface area contributed by atoms with Gasteiger partial charge in [0.1, 0.15) is 12.5 Å². The van der Waals surface area contributed by atoms with E-state index in [2.05, 4.69) is 0 Å². The summed E-state index contributed by atoms with van der Waals surface area (Å²) >= 11 is 0. The molecule has 17 heavy (non-hydrogen) atoms. The lowest BCUT2D eigenvalue weighted by molar-refractivity contribution is -0.143. The van der Waals surface area contributed by atoms with Gasteiger partial charge in [0.2, 0.25) is 5.91 Å². The fourth-order valence-corrected chi connectivity index (χ4v) is 1.99. The first-order chi connectivity index (χ1) is 8.09. The molecule has 88 valence electrons. The quantitative estimate of drug-likeness (QED) is 0.805. The molecule has 2 rings (SSSR count). The van der Waals surface area contributed by atoms with Crippen LogP contribution in [0.25, 0.3) is 0 Å². The Morgan fingerprint density at radius 3 is 2.65 bits per heavy atom. The number of rotatable bonds is 3. The van der Waals surface area contributed by atoms with Crippen LogP contribution in [0.3, 0.4) is 0 Å². The summed E-state index contributed by atoms with van der Waals surface area (Å²) in [6.07, 6.45) is 0. The maximum atomic E-state index is 12.0. The molecule has 1 unspecified atom stereocenters. The first kappa shape index (κ1) is 11.3. The number of nitrogens with one attached hydrogen (secondary N) is 1. The fourth-order valence-electron chi connectivity index (χ4n) is 1.99. The molecule has 0 radical (unpaired) electrons. The molecule has 0 spiro atoms. The molecule has 0 aromatic heterocycles. The van der Waals surface area contributed by atoms with Crippen LogP contribution in [0.4, 0.5) is 0 Å². The van der Waals surface area contributed by atoms with Gasteiger partial charge < -0.3 is 15.4 Å². The average Bonchev–Trinajstić information content (AvgIpc) is 2.54. The number of carbonyl (C=O) groups is 2. The van der Waals surface area contributed by atoms with Crippen molar-refractivity contribution < 1.29 is 14.7 Å². The monoisotopic (exact) mass is 232 g/mol. The molecule has 5 heteroatoms. The van der Waals surface area contributed by atoms with E-state index in [0.29, 0.717) is 0 Å².